The molecule has 0 radical (unpaired) electrons. The maximum atomic E-state index is 5.69. The minimum Gasteiger partial charge on any atom is -0.497 e. The number of methoxy groups -OCH3 is 2. The lowest BCUT2D eigenvalue weighted by atomic mass is 10.0. The highest BCUT2D eigenvalue weighted by atomic mass is 16.5. The molecule has 0 aromatic heterocycles. The Morgan fingerprint density at radius 3 is 2.74 bits per heavy atom. The minimum absolute atomic E-state index is 0.0355. The van der Waals surface area contributed by atoms with E-state index in [1.807, 2.05) is 18.2 Å². The Balaban J connectivity index is 2.35. The van der Waals surface area contributed by atoms with Crippen LogP contribution in [0.1, 0.15) is 24.9 Å². The molecule has 1 unspecified atom stereocenters. The Kier molecular flexibility index (Phi) is 4.68. The summed E-state index contributed by atoms with van der Waals surface area (Å²) in [5, 5.41) is 3.44. The number of likely N-dealkylation sites (N-methyl/N-ethyl adjacent to an activating group) is 1. The molecule has 0 bridgehead atoms. The summed E-state index contributed by atoms with van der Waals surface area (Å²) < 4.78 is 16.4. The molecule has 19 heavy (non-hydrogen) atoms. The lowest BCUT2D eigenvalue weighted by molar-refractivity contribution is 0.214. The van der Waals surface area contributed by atoms with Gasteiger partial charge in [-0.05, 0) is 24.8 Å². The highest BCUT2D eigenvalue weighted by Gasteiger charge is 2.23. The standard InChI is InChI=1S/C15H21NO3/c1-4-16-15(13-6-5-9-19-13)12-8-7-11(17-2)10-14(12)18-3/h6-8,10,15-16H,4-5,9H2,1-3H3. The van der Waals surface area contributed by atoms with Crippen LogP contribution in [-0.2, 0) is 4.74 Å². The van der Waals surface area contributed by atoms with Crippen molar-refractivity contribution in [1.82, 2.24) is 5.32 Å². The fourth-order valence-corrected chi connectivity index (χ4v) is 2.26. The van der Waals surface area contributed by atoms with Crippen LogP contribution in [0.2, 0.25) is 0 Å². The first-order valence-electron chi connectivity index (χ1n) is 6.58. The van der Waals surface area contributed by atoms with Gasteiger partial charge in [-0.3, -0.25) is 0 Å². The second kappa shape index (κ2) is 6.48. The average molecular weight is 263 g/mol. The van der Waals surface area contributed by atoms with E-state index in [0.717, 1.165) is 42.4 Å². The summed E-state index contributed by atoms with van der Waals surface area (Å²) in [5.41, 5.74) is 1.07. The second-order valence-corrected chi connectivity index (χ2v) is 4.34. The fraction of sp³-hybridized carbons (Fsp3) is 0.467. The van der Waals surface area contributed by atoms with Gasteiger partial charge in [-0.25, -0.2) is 0 Å². The van der Waals surface area contributed by atoms with Crippen LogP contribution in [0, 0.1) is 0 Å². The molecule has 0 fully saturated rings. The molecule has 1 aromatic carbocycles. The third-order valence-electron chi connectivity index (χ3n) is 3.18. The maximum Gasteiger partial charge on any atom is 0.127 e. The van der Waals surface area contributed by atoms with Crippen LogP contribution >= 0.6 is 0 Å². The zero-order valence-electron chi connectivity index (χ0n) is 11.7. The first-order valence-corrected chi connectivity index (χ1v) is 6.58. The van der Waals surface area contributed by atoms with Crippen LogP contribution in [0.3, 0.4) is 0 Å². The number of hydrogen-bond acceptors (Lipinski definition) is 4. The lowest BCUT2D eigenvalue weighted by Gasteiger charge is -2.22. The summed E-state index contributed by atoms with van der Waals surface area (Å²) in [6, 6.07) is 5.90. The van der Waals surface area contributed by atoms with Crippen LogP contribution < -0.4 is 14.8 Å². The van der Waals surface area contributed by atoms with Crippen LogP contribution in [0.25, 0.3) is 0 Å². The molecule has 104 valence electrons. The van der Waals surface area contributed by atoms with Crippen LogP contribution in [0.15, 0.2) is 30.0 Å². The topological polar surface area (TPSA) is 39.7 Å². The summed E-state index contributed by atoms with van der Waals surface area (Å²) in [7, 11) is 3.32. The number of ether oxygens (including phenoxy) is 3. The maximum absolute atomic E-state index is 5.69. The molecule has 1 N–H and O–H groups in total. The molecular weight excluding hydrogens is 242 g/mol. The van der Waals surface area contributed by atoms with Crippen molar-refractivity contribution in [2.75, 3.05) is 27.4 Å². The van der Waals surface area contributed by atoms with Gasteiger partial charge in [0.2, 0.25) is 0 Å². The molecule has 0 amide bonds. The van der Waals surface area contributed by atoms with Crippen molar-refractivity contribution >= 4 is 0 Å². The number of benzene rings is 1. The SMILES string of the molecule is CCNC(C1=CCCO1)c1ccc(OC)cc1OC. The monoisotopic (exact) mass is 263 g/mol. The van der Waals surface area contributed by atoms with Gasteiger partial charge in [0.1, 0.15) is 17.3 Å². The number of nitrogens with one attached hydrogen (secondary N) is 1. The summed E-state index contributed by atoms with van der Waals surface area (Å²) in [6.45, 7) is 3.70. The van der Waals surface area contributed by atoms with Gasteiger partial charge >= 0.3 is 0 Å². The zero-order valence-corrected chi connectivity index (χ0v) is 11.7. The Morgan fingerprint density at radius 1 is 1.32 bits per heavy atom. The molecule has 2 rings (SSSR count). The van der Waals surface area contributed by atoms with E-state index in [1.54, 1.807) is 14.2 Å². The van der Waals surface area contributed by atoms with Crippen molar-refractivity contribution in [2.24, 2.45) is 0 Å². The Bertz CT molecular complexity index is 457. The Labute approximate surface area is 114 Å². The molecule has 1 aliphatic rings. The first-order chi connectivity index (χ1) is 9.30. The molecule has 1 aliphatic heterocycles. The van der Waals surface area contributed by atoms with E-state index in [0.29, 0.717) is 0 Å². The molecule has 0 spiro atoms. The molecule has 1 aromatic rings. The van der Waals surface area contributed by atoms with Crippen LogP contribution in [0.4, 0.5) is 0 Å². The van der Waals surface area contributed by atoms with Gasteiger partial charge in [0, 0.05) is 18.1 Å². The van der Waals surface area contributed by atoms with E-state index < -0.39 is 0 Å². The second-order valence-electron chi connectivity index (χ2n) is 4.34. The molecular formula is C15H21NO3. The van der Waals surface area contributed by atoms with Gasteiger partial charge in [0.05, 0.1) is 26.9 Å². The van der Waals surface area contributed by atoms with Crippen molar-refractivity contribution in [2.45, 2.75) is 19.4 Å². The molecule has 1 heterocycles. The van der Waals surface area contributed by atoms with Crippen molar-refractivity contribution in [1.29, 1.82) is 0 Å². The molecule has 4 heteroatoms. The lowest BCUT2D eigenvalue weighted by Crippen LogP contribution is -2.23. The zero-order chi connectivity index (χ0) is 13.7. The Hall–Kier alpha value is -1.68. The summed E-state index contributed by atoms with van der Waals surface area (Å²) in [5.74, 6) is 2.57. The van der Waals surface area contributed by atoms with E-state index >= 15 is 0 Å². The van der Waals surface area contributed by atoms with E-state index in [9.17, 15) is 0 Å². The van der Waals surface area contributed by atoms with Gasteiger partial charge in [0.25, 0.3) is 0 Å². The van der Waals surface area contributed by atoms with E-state index in [-0.39, 0.29) is 6.04 Å². The van der Waals surface area contributed by atoms with Gasteiger partial charge in [-0.15, -0.1) is 0 Å². The number of rotatable bonds is 6. The van der Waals surface area contributed by atoms with Gasteiger partial charge in [-0.2, -0.15) is 0 Å². The minimum atomic E-state index is 0.0355. The highest BCUT2D eigenvalue weighted by molar-refractivity contribution is 5.44. The molecule has 4 nitrogen and oxygen atoms in total. The van der Waals surface area contributed by atoms with Gasteiger partial charge in [0.15, 0.2) is 0 Å². The molecule has 0 aliphatic carbocycles. The molecule has 1 atom stereocenters. The molecule has 0 saturated heterocycles. The van der Waals surface area contributed by atoms with E-state index in [2.05, 4.69) is 18.3 Å². The summed E-state index contributed by atoms with van der Waals surface area (Å²) in [6.07, 6.45) is 3.10. The van der Waals surface area contributed by atoms with Gasteiger partial charge in [-0.1, -0.05) is 6.92 Å². The smallest absolute Gasteiger partial charge is 0.127 e. The number of hydrogen-bond donors (Lipinski definition) is 1. The van der Waals surface area contributed by atoms with Gasteiger partial charge < -0.3 is 19.5 Å². The largest absolute Gasteiger partial charge is 0.497 e. The van der Waals surface area contributed by atoms with E-state index in [4.69, 9.17) is 14.2 Å². The van der Waals surface area contributed by atoms with Crippen LogP contribution in [-0.4, -0.2) is 27.4 Å². The summed E-state index contributed by atoms with van der Waals surface area (Å²) in [4.78, 5) is 0. The molecule has 0 saturated carbocycles. The average Bonchev–Trinajstić information content (AvgIpc) is 2.98. The third-order valence-corrected chi connectivity index (χ3v) is 3.18. The Morgan fingerprint density at radius 2 is 2.16 bits per heavy atom. The van der Waals surface area contributed by atoms with Crippen molar-refractivity contribution in [3.8, 4) is 11.5 Å². The predicted octanol–water partition coefficient (Wildman–Crippen LogP) is 2.66. The normalized spacial score (nSPS) is 15.6. The predicted molar refractivity (Wildman–Crippen MR) is 74.6 cm³/mol. The van der Waals surface area contributed by atoms with Crippen LogP contribution in [0.5, 0.6) is 11.5 Å². The third kappa shape index (κ3) is 3.01. The summed E-state index contributed by atoms with van der Waals surface area (Å²) >= 11 is 0. The van der Waals surface area contributed by atoms with Crippen molar-refractivity contribution in [3.05, 3.63) is 35.6 Å². The first kappa shape index (κ1) is 13.7. The highest BCUT2D eigenvalue weighted by Crippen LogP contribution is 2.34. The van der Waals surface area contributed by atoms with Crippen molar-refractivity contribution in [3.63, 3.8) is 0 Å². The quantitative estimate of drug-likeness (QED) is 0.856. The van der Waals surface area contributed by atoms with E-state index in [1.165, 1.54) is 0 Å². The van der Waals surface area contributed by atoms with Crippen molar-refractivity contribution < 1.29 is 14.2 Å². The fourth-order valence-electron chi connectivity index (χ4n) is 2.26.